The van der Waals surface area contributed by atoms with Gasteiger partial charge in [-0.15, -0.1) is 0 Å². The number of rotatable bonds is 5. The number of fused-ring (bicyclic) bond motifs is 1. The first kappa shape index (κ1) is 18.6. The number of pyridine rings is 2. The van der Waals surface area contributed by atoms with Gasteiger partial charge < -0.3 is 10.1 Å². The van der Waals surface area contributed by atoms with Crippen molar-refractivity contribution < 1.29 is 22.7 Å². The molecule has 0 aromatic carbocycles. The molecule has 10 heteroatoms. The fourth-order valence-corrected chi connectivity index (χ4v) is 2.59. The standard InChI is InChI=1S/C17H16F3N5O2/c1-10-5-11(6-14(23-10)27-9-17(18,19)20)7-25-8-12-13(24-25)3-4-22-15(12)16(26)21-2/h3-6,8H,7,9H2,1-2H3,(H,21,26). The van der Waals surface area contributed by atoms with Crippen LogP contribution in [0.5, 0.6) is 5.88 Å². The smallest absolute Gasteiger partial charge is 0.422 e. The lowest BCUT2D eigenvalue weighted by atomic mass is 10.2. The minimum absolute atomic E-state index is 0.105. The van der Waals surface area contributed by atoms with Crippen molar-refractivity contribution in [2.24, 2.45) is 0 Å². The van der Waals surface area contributed by atoms with Crippen molar-refractivity contribution in [2.75, 3.05) is 13.7 Å². The Bertz CT molecular complexity index is 984. The highest BCUT2D eigenvalue weighted by molar-refractivity contribution is 6.03. The van der Waals surface area contributed by atoms with E-state index in [1.165, 1.54) is 19.3 Å². The quantitative estimate of drug-likeness (QED) is 0.737. The number of hydrogen-bond donors (Lipinski definition) is 1. The Kier molecular flexibility index (Phi) is 4.98. The topological polar surface area (TPSA) is 81.9 Å². The third-order valence-electron chi connectivity index (χ3n) is 3.64. The highest BCUT2D eigenvalue weighted by Crippen LogP contribution is 2.20. The van der Waals surface area contributed by atoms with Gasteiger partial charge in [0.15, 0.2) is 6.61 Å². The van der Waals surface area contributed by atoms with Crippen LogP contribution < -0.4 is 10.1 Å². The SMILES string of the molecule is CNC(=O)c1nccc2nn(Cc3cc(C)nc(OCC(F)(F)F)c3)cc12. The summed E-state index contributed by atoms with van der Waals surface area (Å²) in [6.45, 7) is 0.528. The Labute approximate surface area is 152 Å². The molecule has 3 rings (SSSR count). The molecule has 3 aromatic heterocycles. The molecule has 0 radical (unpaired) electrons. The van der Waals surface area contributed by atoms with Crippen LogP contribution in [0, 0.1) is 6.92 Å². The van der Waals surface area contributed by atoms with E-state index in [0.29, 0.717) is 22.2 Å². The van der Waals surface area contributed by atoms with Crippen molar-refractivity contribution in [3.63, 3.8) is 0 Å². The minimum atomic E-state index is -4.44. The van der Waals surface area contributed by atoms with Crippen LogP contribution in [0.2, 0.25) is 0 Å². The van der Waals surface area contributed by atoms with Crippen molar-refractivity contribution in [1.29, 1.82) is 0 Å². The molecule has 7 nitrogen and oxygen atoms in total. The van der Waals surface area contributed by atoms with Gasteiger partial charge in [0.05, 0.1) is 17.4 Å². The number of hydrogen-bond acceptors (Lipinski definition) is 5. The number of nitrogens with zero attached hydrogens (tertiary/aromatic N) is 4. The maximum atomic E-state index is 12.3. The molecule has 27 heavy (non-hydrogen) atoms. The zero-order chi connectivity index (χ0) is 19.6. The normalized spacial score (nSPS) is 11.6. The number of carbonyl (C=O) groups excluding carboxylic acids is 1. The van der Waals surface area contributed by atoms with Crippen LogP contribution in [0.4, 0.5) is 13.2 Å². The number of aryl methyl sites for hydroxylation is 1. The van der Waals surface area contributed by atoms with E-state index >= 15 is 0 Å². The third-order valence-corrected chi connectivity index (χ3v) is 3.64. The summed E-state index contributed by atoms with van der Waals surface area (Å²) in [5, 5.41) is 7.48. The molecule has 0 fully saturated rings. The molecular weight excluding hydrogens is 363 g/mol. The molecule has 0 saturated heterocycles. The first-order valence-electron chi connectivity index (χ1n) is 7.96. The van der Waals surface area contributed by atoms with Gasteiger partial charge in [0.25, 0.3) is 5.91 Å². The molecule has 0 aliphatic rings. The van der Waals surface area contributed by atoms with E-state index < -0.39 is 12.8 Å². The molecule has 0 saturated carbocycles. The van der Waals surface area contributed by atoms with E-state index in [-0.39, 0.29) is 24.0 Å². The average molecular weight is 379 g/mol. The second kappa shape index (κ2) is 7.22. The van der Waals surface area contributed by atoms with Gasteiger partial charge in [-0.2, -0.15) is 18.3 Å². The summed E-state index contributed by atoms with van der Waals surface area (Å²) >= 11 is 0. The van der Waals surface area contributed by atoms with Crippen molar-refractivity contribution in [2.45, 2.75) is 19.6 Å². The van der Waals surface area contributed by atoms with E-state index in [1.807, 2.05) is 0 Å². The van der Waals surface area contributed by atoms with Gasteiger partial charge in [-0.3, -0.25) is 14.5 Å². The first-order valence-corrected chi connectivity index (χ1v) is 7.96. The third kappa shape index (κ3) is 4.52. The molecule has 0 aliphatic carbocycles. The lowest BCUT2D eigenvalue weighted by Gasteiger charge is -2.10. The second-order valence-corrected chi connectivity index (χ2v) is 5.86. The van der Waals surface area contributed by atoms with E-state index in [9.17, 15) is 18.0 Å². The van der Waals surface area contributed by atoms with E-state index in [1.54, 1.807) is 29.9 Å². The lowest BCUT2D eigenvalue weighted by Crippen LogP contribution is -2.19. The molecule has 0 unspecified atom stereocenters. The molecule has 0 bridgehead atoms. The highest BCUT2D eigenvalue weighted by Gasteiger charge is 2.28. The van der Waals surface area contributed by atoms with E-state index in [2.05, 4.69) is 20.4 Å². The Morgan fingerprint density at radius 3 is 2.81 bits per heavy atom. The Morgan fingerprint density at radius 2 is 2.11 bits per heavy atom. The predicted molar refractivity (Wildman–Crippen MR) is 90.5 cm³/mol. The van der Waals surface area contributed by atoms with Crippen LogP contribution in [0.15, 0.2) is 30.6 Å². The summed E-state index contributed by atoms with van der Waals surface area (Å²) < 4.78 is 43.3. The molecule has 142 valence electrons. The Morgan fingerprint density at radius 1 is 1.33 bits per heavy atom. The van der Waals surface area contributed by atoms with Crippen LogP contribution in [0.1, 0.15) is 21.7 Å². The summed E-state index contributed by atoms with van der Waals surface area (Å²) in [6.07, 6.45) is -1.28. The highest BCUT2D eigenvalue weighted by atomic mass is 19.4. The predicted octanol–water partition coefficient (Wildman–Crippen LogP) is 2.48. The van der Waals surface area contributed by atoms with Crippen LogP contribution in [-0.4, -0.2) is 45.5 Å². The van der Waals surface area contributed by atoms with Crippen LogP contribution in [0.25, 0.3) is 10.9 Å². The van der Waals surface area contributed by atoms with Crippen LogP contribution in [-0.2, 0) is 6.54 Å². The number of aromatic nitrogens is 4. The summed E-state index contributed by atoms with van der Waals surface area (Å²) in [7, 11) is 1.51. The average Bonchev–Trinajstić information content (AvgIpc) is 3.00. The van der Waals surface area contributed by atoms with Crippen molar-refractivity contribution in [1.82, 2.24) is 25.1 Å². The molecule has 0 atom stereocenters. The van der Waals surface area contributed by atoms with Gasteiger partial charge in [0, 0.05) is 31.2 Å². The van der Waals surface area contributed by atoms with E-state index in [4.69, 9.17) is 4.74 Å². The van der Waals surface area contributed by atoms with Crippen LogP contribution >= 0.6 is 0 Å². The number of ether oxygens (including phenoxy) is 1. The fraction of sp³-hybridized carbons (Fsp3) is 0.294. The monoisotopic (exact) mass is 379 g/mol. The van der Waals surface area contributed by atoms with Gasteiger partial charge in [-0.1, -0.05) is 0 Å². The molecule has 1 N–H and O–H groups in total. The van der Waals surface area contributed by atoms with Gasteiger partial charge in [-0.25, -0.2) is 4.98 Å². The number of halogens is 3. The Hall–Kier alpha value is -3.17. The van der Waals surface area contributed by atoms with Gasteiger partial charge >= 0.3 is 6.18 Å². The van der Waals surface area contributed by atoms with Gasteiger partial charge in [-0.05, 0) is 24.6 Å². The molecule has 3 aromatic rings. The number of carbonyl (C=O) groups is 1. The van der Waals surface area contributed by atoms with Crippen LogP contribution in [0.3, 0.4) is 0 Å². The second-order valence-electron chi connectivity index (χ2n) is 5.86. The first-order chi connectivity index (χ1) is 12.7. The zero-order valence-corrected chi connectivity index (χ0v) is 14.5. The molecule has 1 amide bonds. The lowest BCUT2D eigenvalue weighted by molar-refractivity contribution is -0.154. The number of amides is 1. The number of nitrogens with one attached hydrogen (secondary N) is 1. The molecule has 0 spiro atoms. The number of alkyl halides is 3. The summed E-state index contributed by atoms with van der Waals surface area (Å²) in [6, 6.07) is 4.83. The molecular formula is C17H16F3N5O2. The molecule has 0 aliphatic heterocycles. The summed E-state index contributed by atoms with van der Waals surface area (Å²) in [5.74, 6) is -0.436. The molecule has 3 heterocycles. The van der Waals surface area contributed by atoms with E-state index in [0.717, 1.165) is 0 Å². The Balaban J connectivity index is 1.87. The summed E-state index contributed by atoms with van der Waals surface area (Å²) in [4.78, 5) is 19.9. The maximum absolute atomic E-state index is 12.3. The van der Waals surface area contributed by atoms with Gasteiger partial charge in [0.1, 0.15) is 5.69 Å². The largest absolute Gasteiger partial charge is 0.468 e. The summed E-state index contributed by atoms with van der Waals surface area (Å²) in [5.41, 5.74) is 2.03. The maximum Gasteiger partial charge on any atom is 0.422 e. The van der Waals surface area contributed by atoms with Crippen molar-refractivity contribution in [3.8, 4) is 5.88 Å². The van der Waals surface area contributed by atoms with Crippen molar-refractivity contribution >= 4 is 16.8 Å². The zero-order valence-electron chi connectivity index (χ0n) is 14.5. The fourth-order valence-electron chi connectivity index (χ4n) is 2.59. The minimum Gasteiger partial charge on any atom is -0.468 e. The van der Waals surface area contributed by atoms with Crippen molar-refractivity contribution in [3.05, 3.63) is 47.5 Å². The van der Waals surface area contributed by atoms with Gasteiger partial charge in [0.2, 0.25) is 5.88 Å².